The lowest BCUT2D eigenvalue weighted by molar-refractivity contribution is 0.128. The van der Waals surface area contributed by atoms with E-state index in [1.807, 2.05) is 0 Å². The molecule has 1 aliphatic heterocycles. The largest absolute Gasteiger partial charge is 0.390 e. The number of aliphatic hydroxyl groups is 1. The van der Waals surface area contributed by atoms with Crippen molar-refractivity contribution in [3.8, 4) is 0 Å². The van der Waals surface area contributed by atoms with Gasteiger partial charge >= 0.3 is 0 Å². The Balaban J connectivity index is 1.86. The Morgan fingerprint density at radius 2 is 1.41 bits per heavy atom. The summed E-state index contributed by atoms with van der Waals surface area (Å²) in [6, 6.07) is 10.4. The molecule has 1 aliphatic rings. The Kier molecular flexibility index (Phi) is 7.87. The van der Waals surface area contributed by atoms with Gasteiger partial charge in [-0.25, -0.2) is 30.0 Å². The SMILES string of the molecule is O=S1(=O)C[C@@H](O)[C@@H](N(CCNS(=O)(=O)c2ccc(Br)cc2)S(=O)(=O)c2ccc(Br)cc2)C1. The number of sulfonamides is 2. The van der Waals surface area contributed by atoms with Gasteiger partial charge in [0.05, 0.1) is 33.4 Å². The van der Waals surface area contributed by atoms with E-state index in [2.05, 4.69) is 36.6 Å². The van der Waals surface area contributed by atoms with E-state index in [4.69, 9.17) is 0 Å². The molecule has 0 spiro atoms. The summed E-state index contributed by atoms with van der Waals surface area (Å²) >= 11 is 6.44. The zero-order chi connectivity index (χ0) is 23.7. The molecule has 2 atom stereocenters. The Morgan fingerprint density at radius 3 is 1.88 bits per heavy atom. The van der Waals surface area contributed by atoms with Crippen molar-refractivity contribution in [2.24, 2.45) is 0 Å². The first kappa shape index (κ1) is 25.7. The molecule has 1 heterocycles. The first-order chi connectivity index (χ1) is 14.8. The molecule has 2 aromatic rings. The molecule has 14 heteroatoms. The van der Waals surface area contributed by atoms with Gasteiger partial charge < -0.3 is 5.11 Å². The van der Waals surface area contributed by atoms with Gasteiger partial charge in [0.15, 0.2) is 9.84 Å². The van der Waals surface area contributed by atoms with Gasteiger partial charge in [-0.15, -0.1) is 0 Å². The van der Waals surface area contributed by atoms with Crippen LogP contribution >= 0.6 is 31.9 Å². The second-order valence-electron chi connectivity index (χ2n) is 7.13. The number of rotatable bonds is 8. The van der Waals surface area contributed by atoms with Crippen LogP contribution in [0.2, 0.25) is 0 Å². The molecule has 0 unspecified atom stereocenters. The van der Waals surface area contributed by atoms with E-state index >= 15 is 0 Å². The molecular formula is C18H20Br2N2O7S3. The van der Waals surface area contributed by atoms with E-state index in [0.29, 0.717) is 8.95 Å². The van der Waals surface area contributed by atoms with Crippen molar-refractivity contribution in [3.63, 3.8) is 0 Å². The normalized spacial score (nSPS) is 21.1. The monoisotopic (exact) mass is 630 g/mol. The summed E-state index contributed by atoms with van der Waals surface area (Å²) in [6.45, 7) is -0.692. The Bertz CT molecular complexity index is 1280. The molecular weight excluding hydrogens is 612 g/mol. The van der Waals surface area contributed by atoms with Crippen LogP contribution in [0.3, 0.4) is 0 Å². The summed E-state index contributed by atoms with van der Waals surface area (Å²) in [6.07, 6.45) is -1.42. The van der Waals surface area contributed by atoms with Gasteiger partial charge in [0.25, 0.3) is 0 Å². The van der Waals surface area contributed by atoms with Crippen LogP contribution in [0.15, 0.2) is 67.3 Å². The molecule has 1 fully saturated rings. The van der Waals surface area contributed by atoms with Crippen molar-refractivity contribution in [1.82, 2.24) is 9.03 Å². The topological polar surface area (TPSA) is 138 Å². The van der Waals surface area contributed by atoms with Crippen LogP contribution in [0.25, 0.3) is 0 Å². The highest BCUT2D eigenvalue weighted by atomic mass is 79.9. The highest BCUT2D eigenvalue weighted by Gasteiger charge is 2.44. The van der Waals surface area contributed by atoms with Gasteiger partial charge in [-0.05, 0) is 48.5 Å². The summed E-state index contributed by atoms with van der Waals surface area (Å²) in [7, 11) is -11.8. The molecule has 3 rings (SSSR count). The fraction of sp³-hybridized carbons (Fsp3) is 0.333. The van der Waals surface area contributed by atoms with E-state index in [9.17, 15) is 30.4 Å². The summed E-state index contributed by atoms with van der Waals surface area (Å²) in [4.78, 5) is -0.112. The van der Waals surface area contributed by atoms with Crippen LogP contribution < -0.4 is 4.72 Å². The molecule has 9 nitrogen and oxygen atoms in total. The predicted molar refractivity (Wildman–Crippen MR) is 126 cm³/mol. The number of sulfone groups is 1. The predicted octanol–water partition coefficient (Wildman–Crippen LogP) is 1.34. The number of benzene rings is 2. The zero-order valence-electron chi connectivity index (χ0n) is 16.4. The third kappa shape index (κ3) is 5.97. The van der Waals surface area contributed by atoms with E-state index in [0.717, 1.165) is 4.31 Å². The summed E-state index contributed by atoms with van der Waals surface area (Å²) in [5.41, 5.74) is 0. The van der Waals surface area contributed by atoms with Crippen LogP contribution in [0, 0.1) is 0 Å². The lowest BCUT2D eigenvalue weighted by atomic mass is 10.2. The van der Waals surface area contributed by atoms with Crippen LogP contribution in [-0.2, 0) is 29.9 Å². The van der Waals surface area contributed by atoms with Crippen molar-refractivity contribution in [1.29, 1.82) is 0 Å². The Morgan fingerprint density at radius 1 is 0.906 bits per heavy atom. The molecule has 2 N–H and O–H groups in total. The van der Waals surface area contributed by atoms with Gasteiger partial charge in [0.2, 0.25) is 20.0 Å². The number of halogens is 2. The molecule has 32 heavy (non-hydrogen) atoms. The summed E-state index contributed by atoms with van der Waals surface area (Å²) < 4.78 is 80.1. The average molecular weight is 632 g/mol. The number of hydrogen-bond acceptors (Lipinski definition) is 7. The Hall–Kier alpha value is -0.870. The van der Waals surface area contributed by atoms with Crippen molar-refractivity contribution in [2.75, 3.05) is 24.6 Å². The third-order valence-corrected chi connectivity index (χ3v) is 11.0. The van der Waals surface area contributed by atoms with Crippen LogP contribution in [-0.4, -0.2) is 71.4 Å². The number of nitrogens with one attached hydrogen (secondary N) is 1. The molecule has 0 aliphatic carbocycles. The minimum Gasteiger partial charge on any atom is -0.390 e. The molecule has 0 amide bonds. The second-order valence-corrected chi connectivity index (χ2v) is 14.8. The zero-order valence-corrected chi connectivity index (χ0v) is 22.0. The average Bonchev–Trinajstić information content (AvgIpc) is 2.97. The number of aliphatic hydroxyl groups excluding tert-OH is 1. The van der Waals surface area contributed by atoms with E-state index in [1.165, 1.54) is 36.4 Å². The van der Waals surface area contributed by atoms with Gasteiger partial charge in [0, 0.05) is 22.0 Å². The quantitative estimate of drug-likeness (QED) is 0.448. The van der Waals surface area contributed by atoms with Gasteiger partial charge in [0.1, 0.15) is 0 Å². The smallest absolute Gasteiger partial charge is 0.243 e. The van der Waals surface area contributed by atoms with Crippen LogP contribution in [0.1, 0.15) is 0 Å². The highest BCUT2D eigenvalue weighted by molar-refractivity contribution is 9.10. The van der Waals surface area contributed by atoms with Gasteiger partial charge in [-0.1, -0.05) is 31.9 Å². The van der Waals surface area contributed by atoms with Crippen molar-refractivity contribution < 1.29 is 30.4 Å². The van der Waals surface area contributed by atoms with Crippen molar-refractivity contribution in [3.05, 3.63) is 57.5 Å². The molecule has 0 bridgehead atoms. The molecule has 176 valence electrons. The van der Waals surface area contributed by atoms with E-state index in [1.54, 1.807) is 12.1 Å². The molecule has 0 aromatic heterocycles. The van der Waals surface area contributed by atoms with Crippen molar-refractivity contribution >= 4 is 61.7 Å². The fourth-order valence-corrected chi connectivity index (χ4v) is 8.38. The minimum absolute atomic E-state index is 0.00787. The second kappa shape index (κ2) is 9.78. The van der Waals surface area contributed by atoms with Crippen LogP contribution in [0.4, 0.5) is 0 Å². The fourth-order valence-electron chi connectivity index (χ4n) is 3.28. The third-order valence-electron chi connectivity index (χ3n) is 4.83. The maximum atomic E-state index is 13.3. The maximum absolute atomic E-state index is 13.3. The van der Waals surface area contributed by atoms with Crippen molar-refractivity contribution in [2.45, 2.75) is 21.9 Å². The highest BCUT2D eigenvalue weighted by Crippen LogP contribution is 2.26. The first-order valence-electron chi connectivity index (χ1n) is 9.23. The lowest BCUT2D eigenvalue weighted by Crippen LogP contribution is -2.49. The standard InChI is InChI=1S/C18H20Br2N2O7S3/c19-13-1-5-15(6-2-13)31(26,27)21-9-10-22(17-11-30(24,25)12-18(17)23)32(28,29)16-7-3-14(20)4-8-16/h1-8,17-18,21,23H,9-12H2/t17-,18+/m0/s1. The van der Waals surface area contributed by atoms with E-state index < -0.39 is 53.5 Å². The van der Waals surface area contributed by atoms with Gasteiger partial charge in [-0.3, -0.25) is 0 Å². The number of nitrogens with zero attached hydrogens (tertiary/aromatic N) is 1. The molecule has 0 saturated carbocycles. The van der Waals surface area contributed by atoms with Crippen LogP contribution in [0.5, 0.6) is 0 Å². The molecule has 1 saturated heterocycles. The lowest BCUT2D eigenvalue weighted by Gasteiger charge is -2.29. The Labute approximate surface area is 204 Å². The first-order valence-corrected chi connectivity index (χ1v) is 15.6. The molecule has 2 aromatic carbocycles. The molecule has 0 radical (unpaired) electrons. The summed E-state index contributed by atoms with van der Waals surface area (Å²) in [5.74, 6) is -1.11. The van der Waals surface area contributed by atoms with E-state index in [-0.39, 0.29) is 22.9 Å². The number of hydrogen-bond donors (Lipinski definition) is 2. The minimum atomic E-state index is -4.23. The summed E-state index contributed by atoms with van der Waals surface area (Å²) in [5, 5.41) is 10.3. The van der Waals surface area contributed by atoms with Gasteiger partial charge in [-0.2, -0.15) is 4.31 Å². The maximum Gasteiger partial charge on any atom is 0.243 e.